The number of nitriles is 1. The first-order valence-electron chi connectivity index (χ1n) is 9.64. The summed E-state index contributed by atoms with van der Waals surface area (Å²) in [4.78, 5) is 0. The molecule has 3 nitrogen and oxygen atoms in total. The van der Waals surface area contributed by atoms with Crippen LogP contribution in [0, 0.1) is 35.0 Å². The molecule has 1 saturated heterocycles. The highest BCUT2D eigenvalue weighted by molar-refractivity contribution is 5.40. The molecule has 0 bridgehead atoms. The summed E-state index contributed by atoms with van der Waals surface area (Å²) in [5.41, 5.74) is 1.54. The van der Waals surface area contributed by atoms with E-state index in [0.717, 1.165) is 17.9 Å². The molecule has 1 unspecified atom stereocenters. The van der Waals surface area contributed by atoms with E-state index in [2.05, 4.69) is 24.5 Å². The molecule has 1 saturated carbocycles. The zero-order chi connectivity index (χ0) is 18.2. The Hall–Kier alpha value is -2.07. The lowest BCUT2D eigenvalue weighted by Gasteiger charge is -2.36. The van der Waals surface area contributed by atoms with Crippen LogP contribution in [-0.4, -0.2) is 25.4 Å². The van der Waals surface area contributed by atoms with Gasteiger partial charge in [-0.3, -0.25) is 0 Å². The van der Waals surface area contributed by atoms with Gasteiger partial charge in [0.25, 0.3) is 0 Å². The summed E-state index contributed by atoms with van der Waals surface area (Å²) in [6.45, 7) is 5.02. The number of benzene rings is 1. The Balaban J connectivity index is 1.43. The molecule has 136 valence electrons. The van der Waals surface area contributed by atoms with E-state index in [0.29, 0.717) is 24.7 Å². The van der Waals surface area contributed by atoms with Gasteiger partial charge in [-0.25, -0.2) is 0 Å². The topological polar surface area (TPSA) is 42.2 Å². The van der Waals surface area contributed by atoms with Crippen molar-refractivity contribution in [2.24, 2.45) is 11.8 Å². The monoisotopic (exact) mass is 349 g/mol. The van der Waals surface area contributed by atoms with Crippen molar-refractivity contribution in [3.05, 3.63) is 48.0 Å². The van der Waals surface area contributed by atoms with Crippen molar-refractivity contribution >= 4 is 0 Å². The van der Waals surface area contributed by atoms with E-state index < -0.39 is 0 Å². The van der Waals surface area contributed by atoms with Crippen molar-refractivity contribution in [2.75, 3.05) is 13.2 Å². The van der Waals surface area contributed by atoms with Crippen molar-refractivity contribution in [2.45, 2.75) is 50.7 Å². The summed E-state index contributed by atoms with van der Waals surface area (Å²) in [5.74, 6) is 7.74. The maximum atomic E-state index is 8.82. The van der Waals surface area contributed by atoms with Gasteiger partial charge in [0.15, 0.2) is 0 Å². The molecule has 26 heavy (non-hydrogen) atoms. The maximum Gasteiger partial charge on any atom is 0.141 e. The van der Waals surface area contributed by atoms with Gasteiger partial charge in [-0.1, -0.05) is 30.8 Å². The number of ether oxygens (including phenoxy) is 2. The average molecular weight is 349 g/mol. The third-order valence-corrected chi connectivity index (χ3v) is 5.51. The standard InChI is InChI=1S/C23H27NO2/c1-2-3-4-18-9-12-21(13-10-18)23-17-25-22(16-26-23)14-11-19-5-7-20(15-24)8-6-19/h2,5-8,18,21-23H,1,3-4,9-10,12-13,16-17H2/t18?,21?,22-,23?/m0/s1. The van der Waals surface area contributed by atoms with Gasteiger partial charge in [-0.2, -0.15) is 5.26 Å². The average Bonchev–Trinajstić information content (AvgIpc) is 2.72. The number of allylic oxidation sites excluding steroid dienone is 1. The Morgan fingerprint density at radius 1 is 1.04 bits per heavy atom. The molecule has 3 rings (SSSR count). The molecule has 2 atom stereocenters. The van der Waals surface area contributed by atoms with Gasteiger partial charge in [-0.15, -0.1) is 6.58 Å². The summed E-state index contributed by atoms with van der Waals surface area (Å²) in [6.07, 6.45) is 9.62. The normalized spacial score (nSPS) is 28.4. The molecular weight excluding hydrogens is 322 g/mol. The lowest BCUT2D eigenvalue weighted by Crippen LogP contribution is -2.40. The predicted molar refractivity (Wildman–Crippen MR) is 102 cm³/mol. The summed E-state index contributed by atoms with van der Waals surface area (Å²) in [5, 5.41) is 8.82. The van der Waals surface area contributed by atoms with Gasteiger partial charge in [0.05, 0.1) is 31.0 Å². The van der Waals surface area contributed by atoms with Crippen LogP contribution in [0.5, 0.6) is 0 Å². The van der Waals surface area contributed by atoms with Crippen LogP contribution in [0.2, 0.25) is 0 Å². The molecule has 1 aromatic carbocycles. The number of hydrogen-bond acceptors (Lipinski definition) is 3. The van der Waals surface area contributed by atoms with Crippen LogP contribution in [0.15, 0.2) is 36.9 Å². The van der Waals surface area contributed by atoms with Gasteiger partial charge >= 0.3 is 0 Å². The zero-order valence-corrected chi connectivity index (χ0v) is 15.3. The van der Waals surface area contributed by atoms with E-state index in [1.807, 2.05) is 18.2 Å². The third-order valence-electron chi connectivity index (χ3n) is 5.51. The van der Waals surface area contributed by atoms with Gasteiger partial charge in [0.2, 0.25) is 0 Å². The largest absolute Gasteiger partial charge is 0.372 e. The van der Waals surface area contributed by atoms with Gasteiger partial charge in [0, 0.05) is 5.56 Å². The van der Waals surface area contributed by atoms with E-state index in [9.17, 15) is 0 Å². The summed E-state index contributed by atoms with van der Waals surface area (Å²) in [6, 6.07) is 9.40. The van der Waals surface area contributed by atoms with E-state index in [1.165, 1.54) is 32.1 Å². The fourth-order valence-corrected chi connectivity index (χ4v) is 3.87. The Kier molecular flexibility index (Phi) is 6.89. The SMILES string of the molecule is C=CCCC1CCC(C2CO[C@@H](C#Cc3ccc(C#N)cc3)CO2)CC1. The van der Waals surface area contributed by atoms with Crippen molar-refractivity contribution in [1.82, 2.24) is 0 Å². The van der Waals surface area contributed by atoms with Crippen LogP contribution < -0.4 is 0 Å². The molecule has 0 amide bonds. The molecular formula is C23H27NO2. The van der Waals surface area contributed by atoms with Crippen LogP contribution in [0.25, 0.3) is 0 Å². The molecule has 0 spiro atoms. The zero-order valence-electron chi connectivity index (χ0n) is 15.3. The van der Waals surface area contributed by atoms with Gasteiger partial charge in [0.1, 0.15) is 6.10 Å². The van der Waals surface area contributed by atoms with Crippen molar-refractivity contribution in [3.63, 3.8) is 0 Å². The second-order valence-electron chi connectivity index (χ2n) is 7.30. The van der Waals surface area contributed by atoms with Crippen molar-refractivity contribution in [1.29, 1.82) is 5.26 Å². The highest BCUT2D eigenvalue weighted by Gasteiger charge is 2.31. The summed E-state index contributed by atoms with van der Waals surface area (Å²) in [7, 11) is 0. The van der Waals surface area contributed by atoms with Crippen molar-refractivity contribution < 1.29 is 9.47 Å². The van der Waals surface area contributed by atoms with Crippen LogP contribution in [-0.2, 0) is 9.47 Å². The first kappa shape index (κ1) is 18.7. The third kappa shape index (κ3) is 5.21. The van der Waals surface area contributed by atoms with Gasteiger partial charge in [-0.05, 0) is 61.8 Å². The summed E-state index contributed by atoms with van der Waals surface area (Å²) >= 11 is 0. The maximum absolute atomic E-state index is 8.82. The number of nitrogens with zero attached hydrogens (tertiary/aromatic N) is 1. The van der Waals surface area contributed by atoms with Crippen LogP contribution in [0.1, 0.15) is 49.7 Å². The lowest BCUT2D eigenvalue weighted by atomic mass is 9.77. The van der Waals surface area contributed by atoms with Crippen molar-refractivity contribution in [3.8, 4) is 17.9 Å². The Labute approximate surface area is 157 Å². The fraction of sp³-hybridized carbons (Fsp3) is 0.522. The molecule has 0 N–H and O–H groups in total. The minimum atomic E-state index is -0.161. The van der Waals surface area contributed by atoms with Crippen LogP contribution in [0.3, 0.4) is 0 Å². The number of rotatable bonds is 4. The minimum absolute atomic E-state index is 0.161. The predicted octanol–water partition coefficient (Wildman–Crippen LogP) is 4.47. The lowest BCUT2D eigenvalue weighted by molar-refractivity contribution is -0.138. The highest BCUT2D eigenvalue weighted by Crippen LogP contribution is 2.35. The van der Waals surface area contributed by atoms with E-state index >= 15 is 0 Å². The molecule has 0 radical (unpaired) electrons. The van der Waals surface area contributed by atoms with E-state index in [4.69, 9.17) is 14.7 Å². The molecule has 1 heterocycles. The Morgan fingerprint density at radius 2 is 1.77 bits per heavy atom. The first-order chi connectivity index (χ1) is 12.8. The molecule has 1 aliphatic carbocycles. The quantitative estimate of drug-likeness (QED) is 0.595. The van der Waals surface area contributed by atoms with Gasteiger partial charge < -0.3 is 9.47 Å². The van der Waals surface area contributed by atoms with Crippen LogP contribution >= 0.6 is 0 Å². The molecule has 0 aromatic heterocycles. The molecule has 2 aliphatic rings. The Morgan fingerprint density at radius 3 is 2.38 bits per heavy atom. The van der Waals surface area contributed by atoms with Crippen LogP contribution in [0.4, 0.5) is 0 Å². The molecule has 1 aliphatic heterocycles. The smallest absolute Gasteiger partial charge is 0.141 e. The molecule has 1 aromatic rings. The number of hydrogen-bond donors (Lipinski definition) is 0. The second-order valence-corrected chi connectivity index (χ2v) is 7.30. The van der Waals surface area contributed by atoms with E-state index in [1.54, 1.807) is 12.1 Å². The second kappa shape index (κ2) is 9.58. The fourth-order valence-electron chi connectivity index (χ4n) is 3.87. The van der Waals surface area contributed by atoms with E-state index in [-0.39, 0.29) is 12.2 Å². The molecule has 2 fully saturated rings. The Bertz CT molecular complexity index is 676. The highest BCUT2D eigenvalue weighted by atomic mass is 16.6. The molecule has 3 heteroatoms. The summed E-state index contributed by atoms with van der Waals surface area (Å²) < 4.78 is 12.0. The first-order valence-corrected chi connectivity index (χ1v) is 9.64. The minimum Gasteiger partial charge on any atom is -0.372 e.